The molecule has 1 aliphatic heterocycles. The smallest absolute Gasteiger partial charge is 0.317 e. The maximum absolute atomic E-state index is 14.3. The first-order valence-electron chi connectivity index (χ1n) is 9.11. The van der Waals surface area contributed by atoms with Crippen LogP contribution in [0, 0.1) is 5.82 Å². The fourth-order valence-corrected chi connectivity index (χ4v) is 3.23. The van der Waals surface area contributed by atoms with Crippen LogP contribution < -0.4 is 10.2 Å². The van der Waals surface area contributed by atoms with Crippen molar-refractivity contribution in [2.75, 3.05) is 31.1 Å². The molecule has 0 radical (unpaired) electrons. The summed E-state index contributed by atoms with van der Waals surface area (Å²) in [5.41, 5.74) is 1.89. The number of piperazine rings is 1. The average molecular weight is 369 g/mol. The lowest BCUT2D eigenvalue weighted by Crippen LogP contribution is -2.52. The Kier molecular flexibility index (Phi) is 5.74. The van der Waals surface area contributed by atoms with Gasteiger partial charge in [0, 0.05) is 31.7 Å². The van der Waals surface area contributed by atoms with Crippen LogP contribution in [-0.2, 0) is 0 Å². The van der Waals surface area contributed by atoms with E-state index in [0.717, 1.165) is 5.56 Å². The summed E-state index contributed by atoms with van der Waals surface area (Å²) >= 11 is 0. The van der Waals surface area contributed by atoms with Crippen LogP contribution in [0.25, 0.3) is 0 Å². The molecule has 0 bridgehead atoms. The molecule has 27 heavy (non-hydrogen) atoms. The number of hydrogen-bond acceptors (Lipinski definition) is 3. The van der Waals surface area contributed by atoms with Crippen molar-refractivity contribution in [2.45, 2.75) is 19.9 Å². The van der Waals surface area contributed by atoms with Crippen LogP contribution in [0.1, 0.15) is 35.8 Å². The van der Waals surface area contributed by atoms with Crippen molar-refractivity contribution < 1.29 is 14.0 Å². The summed E-state index contributed by atoms with van der Waals surface area (Å²) in [6.45, 7) is 5.49. The molecule has 3 rings (SSSR count). The van der Waals surface area contributed by atoms with E-state index in [1.165, 1.54) is 13.0 Å². The zero-order valence-electron chi connectivity index (χ0n) is 15.6. The lowest BCUT2D eigenvalue weighted by Gasteiger charge is -2.36. The third kappa shape index (κ3) is 4.45. The van der Waals surface area contributed by atoms with Crippen LogP contribution in [0.4, 0.5) is 14.9 Å². The molecular formula is C21H24FN3O2. The minimum atomic E-state index is -0.404. The maximum atomic E-state index is 14.3. The monoisotopic (exact) mass is 369 g/mol. The van der Waals surface area contributed by atoms with Gasteiger partial charge in [0.05, 0.1) is 11.7 Å². The standard InChI is InChI=1S/C21H24FN3O2/c1-15(17-6-4-3-5-7-17)23-21(27)25-12-10-24(11-13-25)20-9-8-18(16(2)26)14-19(20)22/h3-9,14-15H,10-13H2,1-2H3,(H,23,27)/t15-/m1/s1. The molecule has 1 saturated heterocycles. The number of halogens is 1. The van der Waals surface area contributed by atoms with E-state index in [1.807, 2.05) is 42.2 Å². The largest absolute Gasteiger partial charge is 0.366 e. The molecule has 6 heteroatoms. The zero-order chi connectivity index (χ0) is 19.4. The fraction of sp³-hybridized carbons (Fsp3) is 0.333. The quantitative estimate of drug-likeness (QED) is 0.838. The number of carbonyl (C=O) groups is 2. The highest BCUT2D eigenvalue weighted by Gasteiger charge is 2.24. The van der Waals surface area contributed by atoms with Gasteiger partial charge in [0.1, 0.15) is 5.82 Å². The predicted octanol–water partition coefficient (Wildman–Crippen LogP) is 3.62. The summed E-state index contributed by atoms with van der Waals surface area (Å²) in [7, 11) is 0. The van der Waals surface area contributed by atoms with Crippen LogP contribution in [0.3, 0.4) is 0 Å². The van der Waals surface area contributed by atoms with Crippen LogP contribution in [0.5, 0.6) is 0 Å². The number of nitrogens with zero attached hydrogens (tertiary/aromatic N) is 2. The summed E-state index contributed by atoms with van der Waals surface area (Å²) < 4.78 is 14.3. The zero-order valence-corrected chi connectivity index (χ0v) is 15.6. The molecule has 2 aromatic rings. The molecule has 1 fully saturated rings. The molecular weight excluding hydrogens is 345 g/mol. The number of hydrogen-bond donors (Lipinski definition) is 1. The summed E-state index contributed by atoms with van der Waals surface area (Å²) in [5.74, 6) is -0.562. The first-order chi connectivity index (χ1) is 13.0. The molecule has 0 unspecified atom stereocenters. The molecule has 0 aromatic heterocycles. The average Bonchev–Trinajstić information content (AvgIpc) is 2.68. The Morgan fingerprint density at radius 2 is 1.70 bits per heavy atom. The number of carbonyl (C=O) groups excluding carboxylic acids is 2. The number of anilines is 1. The Hall–Kier alpha value is -2.89. The van der Waals surface area contributed by atoms with Crippen molar-refractivity contribution in [1.82, 2.24) is 10.2 Å². The Morgan fingerprint density at radius 3 is 2.30 bits per heavy atom. The summed E-state index contributed by atoms with van der Waals surface area (Å²) in [6, 6.07) is 14.2. The summed E-state index contributed by atoms with van der Waals surface area (Å²) in [4.78, 5) is 27.5. The molecule has 2 amide bonds. The van der Waals surface area contributed by atoms with Crippen molar-refractivity contribution in [3.8, 4) is 0 Å². The lowest BCUT2D eigenvalue weighted by atomic mass is 10.1. The second-order valence-electron chi connectivity index (χ2n) is 6.78. The first-order valence-corrected chi connectivity index (χ1v) is 9.11. The van der Waals surface area contributed by atoms with E-state index < -0.39 is 5.82 Å². The highest BCUT2D eigenvalue weighted by atomic mass is 19.1. The van der Waals surface area contributed by atoms with Gasteiger partial charge in [-0.05, 0) is 37.6 Å². The van der Waals surface area contributed by atoms with Crippen molar-refractivity contribution in [3.63, 3.8) is 0 Å². The number of rotatable bonds is 4. The van der Waals surface area contributed by atoms with Crippen molar-refractivity contribution in [1.29, 1.82) is 0 Å². The van der Waals surface area contributed by atoms with E-state index in [2.05, 4.69) is 5.32 Å². The second-order valence-corrected chi connectivity index (χ2v) is 6.78. The minimum absolute atomic E-state index is 0.0756. The van der Waals surface area contributed by atoms with E-state index >= 15 is 0 Å². The van der Waals surface area contributed by atoms with Crippen molar-refractivity contribution >= 4 is 17.5 Å². The number of nitrogens with one attached hydrogen (secondary N) is 1. The maximum Gasteiger partial charge on any atom is 0.317 e. The van der Waals surface area contributed by atoms with E-state index in [-0.39, 0.29) is 17.9 Å². The SMILES string of the molecule is CC(=O)c1ccc(N2CCN(C(=O)N[C@H](C)c3ccccc3)CC2)c(F)c1. The molecule has 142 valence electrons. The van der Waals surface area contributed by atoms with Crippen LogP contribution in [0.15, 0.2) is 48.5 Å². The number of benzene rings is 2. The third-order valence-electron chi connectivity index (χ3n) is 4.90. The van der Waals surface area contributed by atoms with E-state index in [9.17, 15) is 14.0 Å². The van der Waals surface area contributed by atoms with Gasteiger partial charge in [0.15, 0.2) is 5.78 Å². The molecule has 0 aliphatic carbocycles. The van der Waals surface area contributed by atoms with Crippen molar-refractivity contribution in [2.24, 2.45) is 0 Å². The second kappa shape index (κ2) is 8.20. The van der Waals surface area contributed by atoms with Gasteiger partial charge in [-0.1, -0.05) is 30.3 Å². The predicted molar refractivity (Wildman–Crippen MR) is 104 cm³/mol. The Morgan fingerprint density at radius 1 is 1.04 bits per heavy atom. The number of ketones is 1. The molecule has 1 heterocycles. The number of urea groups is 1. The van der Waals surface area contributed by atoms with Gasteiger partial charge in [-0.2, -0.15) is 0 Å². The number of Topliss-reactive ketones (excluding diaryl/α,β-unsaturated/α-hetero) is 1. The Bertz CT molecular complexity index is 817. The van der Waals surface area contributed by atoms with Gasteiger partial charge in [-0.15, -0.1) is 0 Å². The molecule has 1 aliphatic rings. The van der Waals surface area contributed by atoms with Crippen LogP contribution in [-0.4, -0.2) is 42.9 Å². The molecule has 1 N–H and O–H groups in total. The lowest BCUT2D eigenvalue weighted by molar-refractivity contribution is 0.101. The summed E-state index contributed by atoms with van der Waals surface area (Å²) in [5, 5.41) is 3.01. The van der Waals surface area contributed by atoms with Gasteiger partial charge in [-0.3, -0.25) is 4.79 Å². The normalized spacial score (nSPS) is 15.4. The van der Waals surface area contributed by atoms with Gasteiger partial charge >= 0.3 is 6.03 Å². The molecule has 5 nitrogen and oxygen atoms in total. The highest BCUT2D eigenvalue weighted by Crippen LogP contribution is 2.22. The van der Waals surface area contributed by atoms with Gasteiger partial charge in [0.2, 0.25) is 0 Å². The first kappa shape index (κ1) is 18.9. The minimum Gasteiger partial charge on any atom is -0.366 e. The van der Waals surface area contributed by atoms with Gasteiger partial charge in [0.25, 0.3) is 0 Å². The van der Waals surface area contributed by atoms with E-state index in [1.54, 1.807) is 17.0 Å². The fourth-order valence-electron chi connectivity index (χ4n) is 3.23. The Balaban J connectivity index is 1.57. The third-order valence-corrected chi connectivity index (χ3v) is 4.90. The van der Waals surface area contributed by atoms with Crippen LogP contribution >= 0.6 is 0 Å². The number of amides is 2. The van der Waals surface area contributed by atoms with Crippen molar-refractivity contribution in [3.05, 3.63) is 65.5 Å². The van der Waals surface area contributed by atoms with Crippen LogP contribution in [0.2, 0.25) is 0 Å². The van der Waals surface area contributed by atoms with Gasteiger partial charge < -0.3 is 15.1 Å². The van der Waals surface area contributed by atoms with Gasteiger partial charge in [-0.25, -0.2) is 9.18 Å². The highest BCUT2D eigenvalue weighted by molar-refractivity contribution is 5.94. The molecule has 0 spiro atoms. The molecule has 2 aromatic carbocycles. The summed E-state index contributed by atoms with van der Waals surface area (Å²) in [6.07, 6.45) is 0. The molecule has 0 saturated carbocycles. The topological polar surface area (TPSA) is 52.7 Å². The Labute approximate surface area is 158 Å². The van der Waals surface area contributed by atoms with E-state index in [0.29, 0.717) is 37.4 Å². The molecule has 1 atom stereocenters. The van der Waals surface area contributed by atoms with E-state index in [4.69, 9.17) is 0 Å².